The van der Waals surface area contributed by atoms with E-state index in [1.807, 2.05) is 24.1 Å². The van der Waals surface area contributed by atoms with E-state index >= 15 is 0 Å². The van der Waals surface area contributed by atoms with Gasteiger partial charge in [-0.15, -0.1) is 13.2 Å². The highest BCUT2D eigenvalue weighted by atomic mass is 19.4. The van der Waals surface area contributed by atoms with Crippen molar-refractivity contribution >= 4 is 5.91 Å². The lowest BCUT2D eigenvalue weighted by molar-refractivity contribution is -0.274. The van der Waals surface area contributed by atoms with E-state index in [4.69, 9.17) is 0 Å². The van der Waals surface area contributed by atoms with Crippen LogP contribution in [0, 0.1) is 0 Å². The minimum atomic E-state index is -4.73. The predicted molar refractivity (Wildman–Crippen MR) is 120 cm³/mol. The van der Waals surface area contributed by atoms with E-state index in [0.717, 1.165) is 11.1 Å². The van der Waals surface area contributed by atoms with Crippen LogP contribution in [0.15, 0.2) is 48.5 Å². The number of benzene rings is 2. The molecule has 2 aromatic carbocycles. The van der Waals surface area contributed by atoms with Gasteiger partial charge in [-0.05, 0) is 54.1 Å². The van der Waals surface area contributed by atoms with E-state index in [2.05, 4.69) is 37.6 Å². The number of hydrogen-bond acceptors (Lipinski definition) is 4. The van der Waals surface area contributed by atoms with E-state index < -0.39 is 12.4 Å². The van der Waals surface area contributed by atoms with Crippen LogP contribution in [-0.2, 0) is 16.6 Å². The summed E-state index contributed by atoms with van der Waals surface area (Å²) in [6, 6.07) is 13.5. The zero-order valence-corrected chi connectivity index (χ0v) is 19.4. The average Bonchev–Trinajstić information content (AvgIpc) is 2.96. The quantitative estimate of drug-likeness (QED) is 0.648. The Labute approximate surface area is 192 Å². The summed E-state index contributed by atoms with van der Waals surface area (Å²) in [5, 5.41) is 9.46. The number of hydrogen-bond donors (Lipinski definition) is 1. The molecule has 0 aliphatic carbocycles. The molecular weight excluding hydrogens is 433 g/mol. The molecule has 8 heteroatoms. The molecule has 1 fully saturated rings. The first kappa shape index (κ1) is 25.1. The van der Waals surface area contributed by atoms with Gasteiger partial charge in [-0.25, -0.2) is 0 Å². The van der Waals surface area contributed by atoms with Gasteiger partial charge < -0.3 is 14.7 Å². The third-order valence-corrected chi connectivity index (χ3v) is 6.02. The summed E-state index contributed by atoms with van der Waals surface area (Å²) >= 11 is 0. The maximum atomic E-state index is 13.2. The Balaban J connectivity index is 1.79. The largest absolute Gasteiger partial charge is 0.573 e. The van der Waals surface area contributed by atoms with Crippen LogP contribution in [-0.4, -0.2) is 53.4 Å². The van der Waals surface area contributed by atoms with Crippen LogP contribution in [0.2, 0.25) is 0 Å². The number of aliphatic hydroxyl groups excluding tert-OH is 1. The monoisotopic (exact) mass is 464 g/mol. The van der Waals surface area contributed by atoms with Crippen molar-refractivity contribution in [2.75, 3.05) is 20.2 Å². The van der Waals surface area contributed by atoms with Crippen molar-refractivity contribution in [2.45, 2.75) is 57.6 Å². The number of aliphatic hydroxyl groups is 1. The molecule has 3 rings (SSSR count). The Morgan fingerprint density at radius 3 is 2.12 bits per heavy atom. The van der Waals surface area contributed by atoms with Crippen LogP contribution in [0.5, 0.6) is 5.75 Å². The van der Waals surface area contributed by atoms with Gasteiger partial charge in [0.05, 0.1) is 6.04 Å². The lowest BCUT2D eigenvalue weighted by Crippen LogP contribution is -2.33. The van der Waals surface area contributed by atoms with Gasteiger partial charge in [0, 0.05) is 13.2 Å². The van der Waals surface area contributed by atoms with E-state index in [1.54, 1.807) is 17.0 Å². The van der Waals surface area contributed by atoms with Crippen LogP contribution in [0.1, 0.15) is 50.0 Å². The molecule has 1 heterocycles. The summed E-state index contributed by atoms with van der Waals surface area (Å²) in [7, 11) is 1.88. The summed E-state index contributed by atoms with van der Waals surface area (Å²) in [6.07, 6.45) is -4.19. The van der Waals surface area contributed by atoms with E-state index in [9.17, 15) is 23.1 Å². The maximum Gasteiger partial charge on any atom is 0.573 e. The third kappa shape index (κ3) is 6.06. The molecule has 5 nitrogen and oxygen atoms in total. The highest BCUT2D eigenvalue weighted by Crippen LogP contribution is 2.35. The lowest BCUT2D eigenvalue weighted by atomic mass is 9.86. The summed E-state index contributed by atoms with van der Waals surface area (Å²) in [5.41, 5.74) is 2.98. The van der Waals surface area contributed by atoms with Crippen molar-refractivity contribution in [3.05, 3.63) is 65.2 Å². The van der Waals surface area contributed by atoms with Crippen LogP contribution in [0.25, 0.3) is 0 Å². The standard InChI is InChI=1S/C25H31F3N2O3/c1-24(2,3)19-9-7-18(8-10-19)22-29(4)21(14-16-31)23(32)30(22)15-13-17-5-11-20(12-6-17)33-25(26,27)28/h5-12,21-22,31H,13-16H2,1-4H3/t21-,22+/m0/s1. The molecular formula is C25H31F3N2O3. The minimum absolute atomic E-state index is 0.0109. The van der Waals surface area contributed by atoms with Crippen molar-refractivity contribution in [3.63, 3.8) is 0 Å². The second kappa shape index (κ2) is 9.73. The number of likely N-dealkylation sites (N-methyl/N-ethyl adjacent to an activating group) is 1. The Hall–Kier alpha value is -2.58. The molecule has 1 aliphatic heterocycles. The van der Waals surface area contributed by atoms with Gasteiger partial charge in [-0.1, -0.05) is 57.2 Å². The van der Waals surface area contributed by atoms with Crippen molar-refractivity contribution in [1.29, 1.82) is 0 Å². The first-order valence-corrected chi connectivity index (χ1v) is 11.0. The molecule has 2 atom stereocenters. The maximum absolute atomic E-state index is 13.2. The number of nitrogens with zero attached hydrogens (tertiary/aromatic N) is 2. The number of rotatable bonds is 7. The summed E-state index contributed by atoms with van der Waals surface area (Å²) in [5.74, 6) is -0.337. The van der Waals surface area contributed by atoms with Gasteiger partial charge in [-0.2, -0.15) is 0 Å². The molecule has 1 aliphatic rings. The topological polar surface area (TPSA) is 53.0 Å². The SMILES string of the molecule is CN1[C@@H](CCO)C(=O)N(CCc2ccc(OC(F)(F)F)cc2)[C@@H]1c1ccc(C(C)(C)C)cc1. The first-order chi connectivity index (χ1) is 15.4. The zero-order chi connectivity index (χ0) is 24.4. The van der Waals surface area contributed by atoms with Crippen molar-refractivity contribution < 1.29 is 27.8 Å². The number of alkyl halides is 3. The Kier molecular flexibility index (Phi) is 7.39. The molecule has 0 bridgehead atoms. The Morgan fingerprint density at radius 2 is 1.61 bits per heavy atom. The molecule has 2 aromatic rings. The Morgan fingerprint density at radius 1 is 1.00 bits per heavy atom. The summed E-state index contributed by atoms with van der Waals surface area (Å²) in [6.45, 7) is 6.73. The number of carbonyl (C=O) groups excluding carboxylic acids is 1. The fourth-order valence-electron chi connectivity index (χ4n) is 4.24. The lowest BCUT2D eigenvalue weighted by Gasteiger charge is -2.30. The minimum Gasteiger partial charge on any atom is -0.406 e. The number of amides is 1. The van der Waals surface area contributed by atoms with Crippen molar-refractivity contribution in [2.24, 2.45) is 0 Å². The van der Waals surface area contributed by atoms with E-state index in [0.29, 0.717) is 19.4 Å². The van der Waals surface area contributed by atoms with Gasteiger partial charge >= 0.3 is 6.36 Å². The van der Waals surface area contributed by atoms with Gasteiger partial charge in [-0.3, -0.25) is 9.69 Å². The normalized spacial score (nSPS) is 19.9. The van der Waals surface area contributed by atoms with Crippen LogP contribution >= 0.6 is 0 Å². The van der Waals surface area contributed by atoms with Gasteiger partial charge in [0.25, 0.3) is 0 Å². The molecule has 180 valence electrons. The van der Waals surface area contributed by atoms with Crippen molar-refractivity contribution in [3.8, 4) is 5.75 Å². The van der Waals surface area contributed by atoms with Crippen LogP contribution in [0.4, 0.5) is 13.2 Å². The molecule has 0 saturated carbocycles. The summed E-state index contributed by atoms with van der Waals surface area (Å²) in [4.78, 5) is 16.9. The average molecular weight is 465 g/mol. The summed E-state index contributed by atoms with van der Waals surface area (Å²) < 4.78 is 41.1. The number of ether oxygens (including phenoxy) is 1. The van der Waals surface area contributed by atoms with Gasteiger partial charge in [0.1, 0.15) is 11.9 Å². The Bertz CT molecular complexity index is 937. The first-order valence-electron chi connectivity index (χ1n) is 11.0. The third-order valence-electron chi connectivity index (χ3n) is 6.02. The van der Waals surface area contributed by atoms with E-state index in [-0.39, 0.29) is 29.8 Å². The zero-order valence-electron chi connectivity index (χ0n) is 19.4. The predicted octanol–water partition coefficient (Wildman–Crippen LogP) is 4.65. The second-order valence-corrected chi connectivity index (χ2v) is 9.41. The van der Waals surface area contributed by atoms with Crippen LogP contribution < -0.4 is 4.74 Å². The fraction of sp³-hybridized carbons (Fsp3) is 0.480. The molecule has 0 aromatic heterocycles. The highest BCUT2D eigenvalue weighted by Gasteiger charge is 2.44. The molecule has 0 radical (unpaired) electrons. The fourth-order valence-corrected chi connectivity index (χ4v) is 4.24. The smallest absolute Gasteiger partial charge is 0.406 e. The molecule has 1 amide bonds. The van der Waals surface area contributed by atoms with Crippen LogP contribution in [0.3, 0.4) is 0 Å². The molecule has 1 saturated heterocycles. The van der Waals surface area contributed by atoms with Crippen molar-refractivity contribution in [1.82, 2.24) is 9.80 Å². The van der Waals surface area contributed by atoms with Gasteiger partial charge in [0.15, 0.2) is 0 Å². The number of carbonyl (C=O) groups is 1. The van der Waals surface area contributed by atoms with E-state index in [1.165, 1.54) is 17.7 Å². The molecule has 1 N–H and O–H groups in total. The molecule has 33 heavy (non-hydrogen) atoms. The molecule has 0 unspecified atom stereocenters. The molecule has 0 spiro atoms. The second-order valence-electron chi connectivity index (χ2n) is 9.41. The highest BCUT2D eigenvalue weighted by molar-refractivity contribution is 5.84. The number of halogens is 3. The van der Waals surface area contributed by atoms with Gasteiger partial charge in [0.2, 0.25) is 5.91 Å².